The second-order valence-corrected chi connectivity index (χ2v) is 13.3. The average Bonchev–Trinajstić information content (AvgIpc) is 3.42. The Bertz CT molecular complexity index is 1480. The minimum Gasteiger partial charge on any atom is -0.343 e. The lowest BCUT2D eigenvalue weighted by Gasteiger charge is -2.40. The molecule has 42 heavy (non-hydrogen) atoms. The Morgan fingerprint density at radius 3 is 2.33 bits per heavy atom. The smallest absolute Gasteiger partial charge is 0.246 e. The molecule has 9 heteroatoms. The zero-order valence-electron chi connectivity index (χ0n) is 25.0. The number of nitrogens with zero attached hydrogens (tertiary/aromatic N) is 2. The van der Waals surface area contributed by atoms with Crippen molar-refractivity contribution >= 4 is 35.0 Å². The second kappa shape index (κ2) is 10.6. The molecule has 5 rings (SSSR count). The lowest BCUT2D eigenvalue weighted by Crippen LogP contribution is -2.59. The molecule has 0 aromatic heterocycles. The normalized spacial score (nSPS) is 22.9. The number of rotatable bonds is 6. The molecular formula is C33H39N5O4. The van der Waals surface area contributed by atoms with Crippen LogP contribution in [0.3, 0.4) is 0 Å². The highest BCUT2D eigenvalue weighted by Crippen LogP contribution is 2.47. The number of fused-ring (bicyclic) bond motifs is 2. The number of amides is 4. The Balaban J connectivity index is 1.41. The number of anilines is 2. The van der Waals surface area contributed by atoms with Gasteiger partial charge in [-0.15, -0.1) is 0 Å². The fourth-order valence-corrected chi connectivity index (χ4v) is 6.63. The van der Waals surface area contributed by atoms with E-state index in [1.807, 2.05) is 77.1 Å². The van der Waals surface area contributed by atoms with Crippen LogP contribution in [0.1, 0.15) is 69.6 Å². The average molecular weight is 570 g/mol. The summed E-state index contributed by atoms with van der Waals surface area (Å²) in [6.07, 6.45) is 1.98. The van der Waals surface area contributed by atoms with Gasteiger partial charge in [-0.3, -0.25) is 19.2 Å². The number of benzene rings is 2. The lowest BCUT2D eigenvalue weighted by molar-refractivity contribution is -0.149. The van der Waals surface area contributed by atoms with Gasteiger partial charge < -0.3 is 20.9 Å². The predicted molar refractivity (Wildman–Crippen MR) is 159 cm³/mol. The molecule has 0 bridgehead atoms. The zero-order valence-corrected chi connectivity index (χ0v) is 25.0. The number of nitriles is 1. The van der Waals surface area contributed by atoms with Gasteiger partial charge in [0.2, 0.25) is 23.6 Å². The molecule has 0 radical (unpaired) electrons. The molecule has 2 aromatic rings. The molecule has 0 unspecified atom stereocenters. The summed E-state index contributed by atoms with van der Waals surface area (Å²) in [5.74, 6) is -1.50. The van der Waals surface area contributed by atoms with Crippen LogP contribution < -0.4 is 16.0 Å². The van der Waals surface area contributed by atoms with Crippen LogP contribution in [0, 0.1) is 36.0 Å². The summed E-state index contributed by atoms with van der Waals surface area (Å²) in [7, 11) is 0. The van der Waals surface area contributed by atoms with Crippen LogP contribution in [0.25, 0.3) is 0 Å². The summed E-state index contributed by atoms with van der Waals surface area (Å²) in [5.41, 5.74) is 1.31. The lowest BCUT2D eigenvalue weighted by atomic mass is 9.67. The van der Waals surface area contributed by atoms with Crippen LogP contribution in [0.15, 0.2) is 42.5 Å². The summed E-state index contributed by atoms with van der Waals surface area (Å²) in [5, 5.41) is 18.9. The van der Waals surface area contributed by atoms with Gasteiger partial charge in [-0.25, -0.2) is 0 Å². The van der Waals surface area contributed by atoms with Crippen molar-refractivity contribution in [2.24, 2.45) is 10.8 Å². The van der Waals surface area contributed by atoms with E-state index in [4.69, 9.17) is 0 Å². The van der Waals surface area contributed by atoms with E-state index in [1.165, 1.54) is 4.90 Å². The molecule has 4 amide bonds. The van der Waals surface area contributed by atoms with Gasteiger partial charge >= 0.3 is 0 Å². The van der Waals surface area contributed by atoms with Crippen LogP contribution in [0.2, 0.25) is 0 Å². The number of carbonyl (C=O) groups is 4. The molecule has 2 heterocycles. The summed E-state index contributed by atoms with van der Waals surface area (Å²) in [6, 6.07) is 13.5. The molecule has 220 valence electrons. The van der Waals surface area contributed by atoms with Crippen LogP contribution in [-0.4, -0.2) is 47.2 Å². The highest BCUT2D eigenvalue weighted by atomic mass is 16.2. The molecule has 2 fully saturated rings. The minimum atomic E-state index is -1.28. The molecule has 1 saturated carbocycles. The van der Waals surface area contributed by atoms with Gasteiger partial charge in [0.1, 0.15) is 17.5 Å². The maximum Gasteiger partial charge on any atom is 0.246 e. The van der Waals surface area contributed by atoms with E-state index in [9.17, 15) is 24.4 Å². The van der Waals surface area contributed by atoms with Gasteiger partial charge in [0, 0.05) is 24.3 Å². The van der Waals surface area contributed by atoms with Crippen molar-refractivity contribution in [3.8, 4) is 6.07 Å². The maximum atomic E-state index is 14.2. The third kappa shape index (κ3) is 4.93. The number of hydrogen-bond acceptors (Lipinski definition) is 5. The number of carbonyl (C=O) groups excluding carboxylic acids is 4. The SMILES string of the molecule is Cc1cccc(C)c1NC(=O)C1(C(=O)N[C@@H](CC(C)(C)C)C(=O)N2C[C@]3(C[C@H]2C#N)C(=O)Nc2ccccc23)CCC1. The quantitative estimate of drug-likeness (QED) is 0.445. The van der Waals surface area contributed by atoms with E-state index in [-0.39, 0.29) is 30.2 Å². The number of nitrogens with one attached hydrogen (secondary N) is 3. The fourth-order valence-electron chi connectivity index (χ4n) is 6.63. The third-order valence-electron chi connectivity index (χ3n) is 9.13. The molecule has 1 spiro atoms. The molecule has 3 N–H and O–H groups in total. The van der Waals surface area contributed by atoms with Crippen molar-refractivity contribution in [2.75, 3.05) is 17.2 Å². The van der Waals surface area contributed by atoms with Crippen LogP contribution in [0.5, 0.6) is 0 Å². The standard InChI is InChI=1S/C33H39N5O4/c1-20-10-8-11-21(2)26(20)37-29(41)32(14-9-15-32)28(40)36-25(17-31(3,4)5)27(39)38-19-33(16-22(38)18-34)23-12-6-7-13-24(23)35-30(33)42/h6-8,10-13,22,25H,9,14-17,19H2,1-5H3,(H,35,42)(H,36,40)(H,37,41)/t22-,25-,33-/m0/s1. The first-order valence-corrected chi connectivity index (χ1v) is 14.6. The number of hydrogen-bond donors (Lipinski definition) is 3. The minimum absolute atomic E-state index is 0.0433. The molecule has 9 nitrogen and oxygen atoms in total. The molecule has 1 saturated heterocycles. The predicted octanol–water partition coefficient (Wildman–Crippen LogP) is 4.35. The van der Waals surface area contributed by atoms with Crippen molar-refractivity contribution in [3.05, 3.63) is 59.2 Å². The third-order valence-corrected chi connectivity index (χ3v) is 9.13. The van der Waals surface area contributed by atoms with Gasteiger partial charge in [-0.1, -0.05) is 63.6 Å². The number of likely N-dealkylation sites (tertiary alicyclic amines) is 1. The first-order valence-electron chi connectivity index (χ1n) is 14.6. The second-order valence-electron chi connectivity index (χ2n) is 13.3. The molecule has 2 aromatic carbocycles. The van der Waals surface area contributed by atoms with E-state index in [0.717, 1.165) is 23.1 Å². The summed E-state index contributed by atoms with van der Waals surface area (Å²) >= 11 is 0. The Morgan fingerprint density at radius 2 is 1.74 bits per heavy atom. The Kier molecular flexibility index (Phi) is 7.38. The Labute approximate surface area is 247 Å². The molecule has 3 aliphatic rings. The topological polar surface area (TPSA) is 131 Å². The maximum absolute atomic E-state index is 14.2. The molecule has 1 aliphatic carbocycles. The van der Waals surface area contributed by atoms with E-state index < -0.39 is 34.7 Å². The van der Waals surface area contributed by atoms with Gasteiger partial charge in [0.25, 0.3) is 0 Å². The van der Waals surface area contributed by atoms with E-state index in [1.54, 1.807) is 0 Å². The number of aryl methyl sites for hydroxylation is 2. The van der Waals surface area contributed by atoms with Crippen LogP contribution in [0.4, 0.5) is 11.4 Å². The Hall–Kier alpha value is -4.19. The molecule has 2 aliphatic heterocycles. The highest BCUT2D eigenvalue weighted by molar-refractivity contribution is 6.12. The molecular weight excluding hydrogens is 530 g/mol. The van der Waals surface area contributed by atoms with Gasteiger partial charge in [0.05, 0.1) is 11.5 Å². The first kappa shape index (κ1) is 29.3. The van der Waals surface area contributed by atoms with E-state index >= 15 is 0 Å². The van der Waals surface area contributed by atoms with Gasteiger partial charge in [0.15, 0.2) is 0 Å². The van der Waals surface area contributed by atoms with Crippen molar-refractivity contribution in [1.29, 1.82) is 5.26 Å². The van der Waals surface area contributed by atoms with Crippen LogP contribution in [-0.2, 0) is 24.6 Å². The summed E-state index contributed by atoms with van der Waals surface area (Å²) < 4.78 is 0. The van der Waals surface area contributed by atoms with Crippen LogP contribution >= 0.6 is 0 Å². The summed E-state index contributed by atoms with van der Waals surface area (Å²) in [6.45, 7) is 9.78. The van der Waals surface area contributed by atoms with Crippen molar-refractivity contribution < 1.29 is 19.2 Å². The monoisotopic (exact) mass is 569 g/mol. The van der Waals surface area contributed by atoms with E-state index in [0.29, 0.717) is 30.6 Å². The number of para-hydroxylation sites is 2. The largest absolute Gasteiger partial charge is 0.343 e. The van der Waals surface area contributed by atoms with E-state index in [2.05, 4.69) is 22.0 Å². The van der Waals surface area contributed by atoms with Crippen molar-refractivity contribution in [3.63, 3.8) is 0 Å². The van der Waals surface area contributed by atoms with Crippen molar-refractivity contribution in [1.82, 2.24) is 10.2 Å². The van der Waals surface area contributed by atoms with Gasteiger partial charge in [-0.05, 0) is 61.3 Å². The van der Waals surface area contributed by atoms with Gasteiger partial charge in [-0.2, -0.15) is 5.26 Å². The highest BCUT2D eigenvalue weighted by Gasteiger charge is 2.57. The first-order chi connectivity index (χ1) is 19.8. The fraction of sp³-hybridized carbons (Fsp3) is 0.485. The zero-order chi connectivity index (χ0) is 30.4. The summed E-state index contributed by atoms with van der Waals surface area (Å²) in [4.78, 5) is 56.4. The Morgan fingerprint density at radius 1 is 1.07 bits per heavy atom. The van der Waals surface area contributed by atoms with Crippen molar-refractivity contribution in [2.45, 2.75) is 84.2 Å². The molecule has 3 atom stereocenters.